The molecule has 0 saturated heterocycles. The first-order valence-corrected chi connectivity index (χ1v) is 6.84. The second-order valence-corrected chi connectivity index (χ2v) is 5.21. The summed E-state index contributed by atoms with van der Waals surface area (Å²) in [6.07, 6.45) is -1.34. The zero-order chi connectivity index (χ0) is 15.5. The molecule has 8 heteroatoms. The van der Waals surface area contributed by atoms with Crippen molar-refractivity contribution in [3.8, 4) is 0 Å². The van der Waals surface area contributed by atoms with E-state index in [4.69, 9.17) is 4.74 Å². The Morgan fingerprint density at radius 1 is 1.38 bits per heavy atom. The zero-order valence-electron chi connectivity index (χ0n) is 11.1. The van der Waals surface area contributed by atoms with E-state index in [1.807, 2.05) is 0 Å². The molecule has 0 aliphatic rings. The standard InChI is InChI=1S/C13H13BrF3N3O/c1-21-5-4-20-8-10(7-18-20)19-12-3-2-9(14)6-11(12)13(15,16)17/h2-3,6-8,19H,4-5H2,1H3. The van der Waals surface area contributed by atoms with Gasteiger partial charge in [-0.3, -0.25) is 4.68 Å². The maximum absolute atomic E-state index is 13.0. The number of benzene rings is 1. The summed E-state index contributed by atoms with van der Waals surface area (Å²) in [5.74, 6) is 0. The molecule has 0 saturated carbocycles. The van der Waals surface area contributed by atoms with Crippen LogP contribution in [0.25, 0.3) is 0 Å². The van der Waals surface area contributed by atoms with Gasteiger partial charge in [0, 0.05) is 17.8 Å². The highest BCUT2D eigenvalue weighted by Crippen LogP contribution is 2.37. The Balaban J connectivity index is 2.21. The zero-order valence-corrected chi connectivity index (χ0v) is 12.7. The third-order valence-electron chi connectivity index (χ3n) is 2.72. The van der Waals surface area contributed by atoms with Crippen molar-refractivity contribution in [3.63, 3.8) is 0 Å². The number of hydrogen-bond donors (Lipinski definition) is 1. The predicted octanol–water partition coefficient (Wildman–Crippen LogP) is 4.05. The molecule has 1 aromatic heterocycles. The minimum atomic E-state index is -4.43. The molecule has 2 rings (SSSR count). The van der Waals surface area contributed by atoms with Gasteiger partial charge in [0.25, 0.3) is 0 Å². The highest BCUT2D eigenvalue weighted by molar-refractivity contribution is 9.10. The highest BCUT2D eigenvalue weighted by Gasteiger charge is 2.33. The molecular weight excluding hydrogens is 351 g/mol. The monoisotopic (exact) mass is 363 g/mol. The molecule has 0 amide bonds. The first kappa shape index (κ1) is 15.8. The Kier molecular flexibility index (Phi) is 4.89. The summed E-state index contributed by atoms with van der Waals surface area (Å²) in [4.78, 5) is 0. The van der Waals surface area contributed by atoms with E-state index in [-0.39, 0.29) is 5.69 Å². The highest BCUT2D eigenvalue weighted by atomic mass is 79.9. The van der Waals surface area contributed by atoms with Crippen molar-refractivity contribution >= 4 is 27.3 Å². The van der Waals surface area contributed by atoms with E-state index < -0.39 is 11.7 Å². The van der Waals surface area contributed by atoms with Crippen LogP contribution in [0.2, 0.25) is 0 Å². The van der Waals surface area contributed by atoms with Gasteiger partial charge in [0.1, 0.15) is 0 Å². The van der Waals surface area contributed by atoms with Crippen LogP contribution in [-0.2, 0) is 17.5 Å². The van der Waals surface area contributed by atoms with Crippen molar-refractivity contribution in [2.45, 2.75) is 12.7 Å². The average Bonchev–Trinajstić information content (AvgIpc) is 2.85. The van der Waals surface area contributed by atoms with Crippen LogP contribution < -0.4 is 5.32 Å². The number of halogens is 4. The largest absolute Gasteiger partial charge is 0.418 e. The summed E-state index contributed by atoms with van der Waals surface area (Å²) in [6, 6.07) is 3.96. The smallest absolute Gasteiger partial charge is 0.383 e. The fourth-order valence-corrected chi connectivity index (χ4v) is 2.11. The fraction of sp³-hybridized carbons (Fsp3) is 0.308. The maximum Gasteiger partial charge on any atom is 0.418 e. The number of methoxy groups -OCH3 is 1. The predicted molar refractivity (Wildman–Crippen MR) is 76.5 cm³/mol. The Labute approximate surface area is 128 Å². The van der Waals surface area contributed by atoms with Gasteiger partial charge in [-0.15, -0.1) is 0 Å². The molecule has 0 spiro atoms. The number of anilines is 2. The molecule has 114 valence electrons. The van der Waals surface area contributed by atoms with Crippen LogP contribution in [-0.4, -0.2) is 23.5 Å². The molecule has 0 radical (unpaired) electrons. The number of nitrogens with one attached hydrogen (secondary N) is 1. The van der Waals surface area contributed by atoms with E-state index in [1.54, 1.807) is 24.1 Å². The normalized spacial score (nSPS) is 11.7. The molecular formula is C13H13BrF3N3O. The molecule has 0 bridgehead atoms. The minimum absolute atomic E-state index is 0.0167. The van der Waals surface area contributed by atoms with Crippen LogP contribution in [0.5, 0.6) is 0 Å². The molecule has 1 aromatic carbocycles. The van der Waals surface area contributed by atoms with Gasteiger partial charge in [-0.25, -0.2) is 0 Å². The van der Waals surface area contributed by atoms with E-state index in [0.717, 1.165) is 6.07 Å². The van der Waals surface area contributed by atoms with E-state index in [2.05, 4.69) is 26.3 Å². The van der Waals surface area contributed by atoms with E-state index in [9.17, 15) is 13.2 Å². The number of nitrogens with zero attached hydrogens (tertiary/aromatic N) is 2. The van der Waals surface area contributed by atoms with Crippen molar-refractivity contribution in [1.82, 2.24) is 9.78 Å². The molecule has 1 N–H and O–H groups in total. The third kappa shape index (κ3) is 4.21. The van der Waals surface area contributed by atoms with Gasteiger partial charge in [-0.2, -0.15) is 18.3 Å². The summed E-state index contributed by atoms with van der Waals surface area (Å²) < 4.78 is 45.9. The molecule has 1 heterocycles. The lowest BCUT2D eigenvalue weighted by molar-refractivity contribution is -0.137. The molecule has 4 nitrogen and oxygen atoms in total. The van der Waals surface area contributed by atoms with Crippen molar-refractivity contribution in [2.75, 3.05) is 19.0 Å². The molecule has 0 fully saturated rings. The second kappa shape index (κ2) is 6.48. The summed E-state index contributed by atoms with van der Waals surface area (Å²) in [6.45, 7) is 1.01. The number of aromatic nitrogens is 2. The lowest BCUT2D eigenvalue weighted by Crippen LogP contribution is -2.08. The average molecular weight is 364 g/mol. The summed E-state index contributed by atoms with van der Waals surface area (Å²) in [5, 5.41) is 6.78. The Bertz CT molecular complexity index is 613. The topological polar surface area (TPSA) is 39.1 Å². The maximum atomic E-state index is 13.0. The van der Waals surface area contributed by atoms with Crippen LogP contribution in [0.4, 0.5) is 24.5 Å². The first-order valence-electron chi connectivity index (χ1n) is 6.05. The van der Waals surface area contributed by atoms with Gasteiger partial charge in [0.15, 0.2) is 0 Å². The van der Waals surface area contributed by atoms with E-state index >= 15 is 0 Å². The molecule has 0 aliphatic carbocycles. The van der Waals surface area contributed by atoms with Gasteiger partial charge in [0.2, 0.25) is 0 Å². The summed E-state index contributed by atoms with van der Waals surface area (Å²) in [7, 11) is 1.57. The van der Waals surface area contributed by atoms with Crippen molar-refractivity contribution < 1.29 is 17.9 Å². The minimum Gasteiger partial charge on any atom is -0.383 e. The Hall–Kier alpha value is -1.54. The van der Waals surface area contributed by atoms with E-state index in [0.29, 0.717) is 23.3 Å². The van der Waals surface area contributed by atoms with Crippen molar-refractivity contribution in [2.24, 2.45) is 0 Å². The second-order valence-electron chi connectivity index (χ2n) is 4.30. The van der Waals surface area contributed by atoms with Gasteiger partial charge in [-0.05, 0) is 18.2 Å². The van der Waals surface area contributed by atoms with Crippen molar-refractivity contribution in [1.29, 1.82) is 0 Å². The number of alkyl halides is 3. The molecule has 0 aliphatic heterocycles. The third-order valence-corrected chi connectivity index (χ3v) is 3.22. The van der Waals surface area contributed by atoms with Crippen molar-refractivity contribution in [3.05, 3.63) is 40.6 Å². The van der Waals surface area contributed by atoms with Gasteiger partial charge < -0.3 is 10.1 Å². The van der Waals surface area contributed by atoms with Crippen LogP contribution in [0.1, 0.15) is 5.56 Å². The van der Waals surface area contributed by atoms with Gasteiger partial charge in [-0.1, -0.05) is 15.9 Å². The lowest BCUT2D eigenvalue weighted by atomic mass is 10.1. The van der Waals surface area contributed by atoms with Crippen LogP contribution >= 0.6 is 15.9 Å². The SMILES string of the molecule is COCCn1cc(Nc2ccc(Br)cc2C(F)(F)F)cn1. The Morgan fingerprint density at radius 2 is 2.14 bits per heavy atom. The Morgan fingerprint density at radius 3 is 2.81 bits per heavy atom. The van der Waals surface area contributed by atoms with E-state index in [1.165, 1.54) is 12.3 Å². The number of rotatable bonds is 5. The molecule has 2 aromatic rings. The summed E-state index contributed by atoms with van der Waals surface area (Å²) in [5.41, 5.74) is -0.266. The lowest BCUT2D eigenvalue weighted by Gasteiger charge is -2.14. The van der Waals surface area contributed by atoms with Crippen LogP contribution in [0.15, 0.2) is 35.1 Å². The number of ether oxygens (including phenoxy) is 1. The quantitative estimate of drug-likeness (QED) is 0.870. The van der Waals surface area contributed by atoms with Gasteiger partial charge in [0.05, 0.1) is 36.3 Å². The molecule has 21 heavy (non-hydrogen) atoms. The fourth-order valence-electron chi connectivity index (χ4n) is 1.75. The molecule has 0 atom stereocenters. The van der Waals surface area contributed by atoms with Gasteiger partial charge >= 0.3 is 6.18 Å². The molecule has 0 unspecified atom stereocenters. The van der Waals surface area contributed by atoms with Crippen LogP contribution in [0, 0.1) is 0 Å². The first-order chi connectivity index (χ1) is 9.90. The number of hydrogen-bond acceptors (Lipinski definition) is 3. The summed E-state index contributed by atoms with van der Waals surface area (Å²) >= 11 is 3.05. The van der Waals surface area contributed by atoms with Crippen LogP contribution in [0.3, 0.4) is 0 Å².